The van der Waals surface area contributed by atoms with Gasteiger partial charge in [0.1, 0.15) is 6.07 Å². The first-order chi connectivity index (χ1) is 12.9. The van der Waals surface area contributed by atoms with Gasteiger partial charge in [-0.3, -0.25) is 4.79 Å². The summed E-state index contributed by atoms with van der Waals surface area (Å²) < 4.78 is 0.808. The molecular weight excluding hydrogens is 406 g/mol. The summed E-state index contributed by atoms with van der Waals surface area (Å²) in [6, 6.07) is 13.6. The van der Waals surface area contributed by atoms with E-state index in [1.54, 1.807) is 4.90 Å². The predicted molar refractivity (Wildman–Crippen MR) is 101 cm³/mol. The van der Waals surface area contributed by atoms with Gasteiger partial charge in [-0.05, 0) is 23.3 Å². The molecule has 0 aromatic heterocycles. The Labute approximate surface area is 165 Å². The highest BCUT2D eigenvalue weighted by atomic mass is 79.9. The van der Waals surface area contributed by atoms with Gasteiger partial charge in [-0.15, -0.1) is 0 Å². The van der Waals surface area contributed by atoms with Crippen molar-refractivity contribution in [3.8, 4) is 18.2 Å². The minimum absolute atomic E-state index is 0.0150. The van der Waals surface area contributed by atoms with E-state index in [0.29, 0.717) is 18.7 Å². The summed E-state index contributed by atoms with van der Waals surface area (Å²) in [5.41, 5.74) is 6.18. The number of fused-ring (bicyclic) bond motifs is 1. The smallest absolute Gasteiger partial charge is 0.219 e. The topological polar surface area (TPSA) is 118 Å². The molecule has 0 unspecified atom stereocenters. The normalized spacial score (nSPS) is 23.4. The lowest BCUT2D eigenvalue weighted by Gasteiger charge is -2.45. The van der Waals surface area contributed by atoms with Crippen LogP contribution in [0.3, 0.4) is 0 Å². The molecule has 27 heavy (non-hydrogen) atoms. The van der Waals surface area contributed by atoms with Crippen LogP contribution < -0.4 is 5.73 Å². The number of hydrogen-bond donors (Lipinski definition) is 1. The highest BCUT2D eigenvalue weighted by Gasteiger charge is 2.54. The van der Waals surface area contributed by atoms with Crippen LogP contribution >= 0.6 is 15.9 Å². The maximum atomic E-state index is 11.9. The molecule has 0 bridgehead atoms. The third kappa shape index (κ3) is 2.79. The van der Waals surface area contributed by atoms with Crippen LogP contribution in [-0.4, -0.2) is 23.9 Å². The van der Waals surface area contributed by atoms with Crippen LogP contribution in [0.5, 0.6) is 0 Å². The van der Waals surface area contributed by atoms with Crippen molar-refractivity contribution in [1.29, 1.82) is 15.8 Å². The fourth-order valence-corrected chi connectivity index (χ4v) is 4.43. The third-order valence-corrected chi connectivity index (χ3v) is 5.81. The Morgan fingerprint density at radius 3 is 2.59 bits per heavy atom. The Morgan fingerprint density at radius 2 is 2.04 bits per heavy atom. The molecule has 0 fully saturated rings. The van der Waals surface area contributed by atoms with Gasteiger partial charge >= 0.3 is 0 Å². The average Bonchev–Trinajstić information content (AvgIpc) is 2.66. The number of hydrogen-bond acceptors (Lipinski definition) is 5. The van der Waals surface area contributed by atoms with Gasteiger partial charge in [0, 0.05) is 36.3 Å². The highest BCUT2D eigenvalue weighted by molar-refractivity contribution is 9.10. The fraction of sp³-hybridized carbons (Fsp3) is 0.300. The fourth-order valence-electron chi connectivity index (χ4n) is 4.01. The number of halogens is 1. The number of rotatable bonds is 1. The molecule has 3 rings (SSSR count). The maximum Gasteiger partial charge on any atom is 0.219 e. The summed E-state index contributed by atoms with van der Waals surface area (Å²) in [7, 11) is 0. The van der Waals surface area contributed by atoms with Crippen molar-refractivity contribution < 1.29 is 4.79 Å². The van der Waals surface area contributed by atoms with Gasteiger partial charge in [0.05, 0.1) is 23.4 Å². The van der Waals surface area contributed by atoms with Gasteiger partial charge < -0.3 is 10.6 Å². The molecule has 1 heterocycles. The Hall–Kier alpha value is -3.08. The van der Waals surface area contributed by atoms with Crippen molar-refractivity contribution >= 4 is 21.8 Å². The molecule has 2 N–H and O–H groups in total. The first-order valence-corrected chi connectivity index (χ1v) is 9.13. The van der Waals surface area contributed by atoms with Crippen molar-refractivity contribution in [2.75, 3.05) is 13.1 Å². The standard InChI is InChI=1S/C20H16BrN5O/c1-12(27)26-6-5-15-16(8-22)19(25)20(10-23,11-24)18(17(15)9-26)13-3-2-4-14(21)7-13/h2-5,7,17-18H,6,9,25H2,1H3/t17-,18+/m1/s1. The molecule has 1 aromatic rings. The maximum absolute atomic E-state index is 11.9. The van der Waals surface area contributed by atoms with E-state index in [2.05, 4.69) is 34.1 Å². The minimum Gasteiger partial charge on any atom is -0.399 e. The lowest BCUT2D eigenvalue weighted by Crippen LogP contribution is -2.48. The number of allylic oxidation sites excluding steroid dienone is 2. The number of nitrogens with two attached hydrogens (primary N) is 1. The summed E-state index contributed by atoms with van der Waals surface area (Å²) in [5, 5.41) is 29.6. The lowest BCUT2D eigenvalue weighted by atomic mass is 9.58. The van der Waals surface area contributed by atoms with E-state index >= 15 is 0 Å². The number of benzene rings is 1. The molecule has 2 aliphatic rings. The Morgan fingerprint density at radius 1 is 1.33 bits per heavy atom. The van der Waals surface area contributed by atoms with Crippen LogP contribution in [0, 0.1) is 45.3 Å². The van der Waals surface area contributed by atoms with E-state index in [0.717, 1.165) is 10.0 Å². The van der Waals surface area contributed by atoms with Crippen molar-refractivity contribution in [2.45, 2.75) is 12.8 Å². The minimum atomic E-state index is -1.69. The molecule has 2 atom stereocenters. The van der Waals surface area contributed by atoms with E-state index in [4.69, 9.17) is 5.73 Å². The van der Waals surface area contributed by atoms with Crippen LogP contribution in [-0.2, 0) is 4.79 Å². The average molecular weight is 422 g/mol. The summed E-state index contributed by atoms with van der Waals surface area (Å²) in [5.74, 6) is -1.08. The molecule has 134 valence electrons. The second-order valence-electron chi connectivity index (χ2n) is 6.65. The Balaban J connectivity index is 2.32. The number of nitrogens with zero attached hydrogens (tertiary/aromatic N) is 4. The predicted octanol–water partition coefficient (Wildman–Crippen LogP) is 2.72. The molecule has 1 aliphatic carbocycles. The van der Waals surface area contributed by atoms with Gasteiger partial charge in [-0.25, -0.2) is 0 Å². The summed E-state index contributed by atoms with van der Waals surface area (Å²) in [4.78, 5) is 13.6. The zero-order valence-electron chi connectivity index (χ0n) is 14.6. The molecular formula is C20H16BrN5O. The van der Waals surface area contributed by atoms with Crippen molar-refractivity contribution in [1.82, 2.24) is 4.90 Å². The molecule has 1 amide bonds. The van der Waals surface area contributed by atoms with Crippen LogP contribution in [0.2, 0.25) is 0 Å². The van der Waals surface area contributed by atoms with Crippen molar-refractivity contribution in [3.63, 3.8) is 0 Å². The van der Waals surface area contributed by atoms with Gasteiger partial charge in [-0.1, -0.05) is 34.1 Å². The second kappa shape index (κ2) is 6.91. The first kappa shape index (κ1) is 18.7. The summed E-state index contributed by atoms with van der Waals surface area (Å²) in [6.07, 6.45) is 1.81. The monoisotopic (exact) mass is 421 g/mol. The largest absolute Gasteiger partial charge is 0.399 e. The van der Waals surface area contributed by atoms with E-state index in [1.165, 1.54) is 6.92 Å². The molecule has 7 heteroatoms. The van der Waals surface area contributed by atoms with Gasteiger partial charge in [0.25, 0.3) is 0 Å². The number of carbonyl (C=O) groups excluding carboxylic acids is 1. The van der Waals surface area contributed by atoms with Crippen molar-refractivity contribution in [3.05, 3.63) is 57.2 Å². The summed E-state index contributed by atoms with van der Waals surface area (Å²) >= 11 is 3.43. The van der Waals surface area contributed by atoms with Crippen molar-refractivity contribution in [2.24, 2.45) is 17.1 Å². The number of amides is 1. The van der Waals surface area contributed by atoms with E-state index in [-0.39, 0.29) is 23.1 Å². The highest BCUT2D eigenvalue weighted by Crippen LogP contribution is 2.54. The SMILES string of the molecule is CC(=O)N1CC=C2C(C#N)=C(N)C(C#N)(C#N)[C@@H](c3cccc(Br)c3)[C@@H]2C1. The zero-order valence-corrected chi connectivity index (χ0v) is 16.2. The van der Waals surface area contributed by atoms with E-state index in [1.807, 2.05) is 30.3 Å². The van der Waals surface area contributed by atoms with Gasteiger partial charge in [-0.2, -0.15) is 15.8 Å². The zero-order chi connectivity index (χ0) is 19.8. The van der Waals surface area contributed by atoms with Crippen LogP contribution in [0.4, 0.5) is 0 Å². The van der Waals surface area contributed by atoms with E-state index < -0.39 is 11.3 Å². The number of nitriles is 3. The number of carbonyl (C=O) groups is 1. The lowest BCUT2D eigenvalue weighted by molar-refractivity contribution is -0.129. The molecule has 1 aromatic carbocycles. The van der Waals surface area contributed by atoms with Crippen LogP contribution in [0.1, 0.15) is 18.4 Å². The van der Waals surface area contributed by atoms with Crippen LogP contribution in [0.15, 0.2) is 51.7 Å². The molecule has 0 radical (unpaired) electrons. The van der Waals surface area contributed by atoms with E-state index in [9.17, 15) is 20.6 Å². The third-order valence-electron chi connectivity index (χ3n) is 5.32. The van der Waals surface area contributed by atoms with Gasteiger partial charge in [0.2, 0.25) is 5.91 Å². The molecule has 1 aliphatic heterocycles. The molecule has 0 saturated heterocycles. The summed E-state index contributed by atoms with van der Waals surface area (Å²) in [6.45, 7) is 2.17. The van der Waals surface area contributed by atoms with Crippen LogP contribution in [0.25, 0.3) is 0 Å². The molecule has 0 spiro atoms. The Bertz CT molecular complexity index is 990. The quantitative estimate of drug-likeness (QED) is 0.747. The Kier molecular flexibility index (Phi) is 4.79. The van der Waals surface area contributed by atoms with Gasteiger partial charge in [0.15, 0.2) is 5.41 Å². The first-order valence-electron chi connectivity index (χ1n) is 8.33. The molecule has 0 saturated carbocycles. The molecule has 6 nitrogen and oxygen atoms in total. The second-order valence-corrected chi connectivity index (χ2v) is 7.57.